The molecule has 0 aliphatic carbocycles. The van der Waals surface area contributed by atoms with Crippen LogP contribution < -0.4 is 15.6 Å². The molecule has 0 saturated heterocycles. The second kappa shape index (κ2) is 6.78. The first-order valence-electron chi connectivity index (χ1n) is 7.21. The average Bonchev–Trinajstić information content (AvgIpc) is 3.06. The highest BCUT2D eigenvalue weighted by molar-refractivity contribution is 5.94. The molecule has 0 radical (unpaired) electrons. The van der Waals surface area contributed by atoms with E-state index < -0.39 is 0 Å². The predicted octanol–water partition coefficient (Wildman–Crippen LogP) is 1.74. The van der Waals surface area contributed by atoms with E-state index in [2.05, 4.69) is 25.9 Å². The Balaban J connectivity index is 1.64. The highest BCUT2D eigenvalue weighted by atomic mass is 16.5. The molecule has 0 spiro atoms. The van der Waals surface area contributed by atoms with Crippen LogP contribution in [0, 0.1) is 6.92 Å². The maximum Gasteiger partial charge on any atom is 0.269 e. The molecular formula is C16H16N6O2. The molecule has 24 heavy (non-hydrogen) atoms. The molecular weight excluding hydrogens is 308 g/mol. The van der Waals surface area contributed by atoms with Crippen LogP contribution in [-0.4, -0.2) is 32.8 Å². The zero-order valence-corrected chi connectivity index (χ0v) is 13.2. The molecule has 3 aromatic rings. The summed E-state index contributed by atoms with van der Waals surface area (Å²) in [6.45, 7) is 1.97. The Kier molecular flexibility index (Phi) is 4.37. The quantitative estimate of drug-likeness (QED) is 0.694. The van der Waals surface area contributed by atoms with Gasteiger partial charge in [0.25, 0.3) is 5.91 Å². The van der Waals surface area contributed by atoms with Crippen molar-refractivity contribution >= 4 is 11.9 Å². The van der Waals surface area contributed by atoms with Crippen molar-refractivity contribution in [3.8, 4) is 11.6 Å². The number of hydrogen-bond acceptors (Lipinski definition) is 6. The first kappa shape index (κ1) is 15.5. The molecule has 0 bridgehead atoms. The molecule has 0 saturated carbocycles. The maximum absolute atomic E-state index is 12.1. The van der Waals surface area contributed by atoms with Gasteiger partial charge in [0.05, 0.1) is 19.0 Å². The first-order valence-corrected chi connectivity index (χ1v) is 7.21. The van der Waals surface area contributed by atoms with Crippen molar-refractivity contribution in [3.63, 3.8) is 0 Å². The summed E-state index contributed by atoms with van der Waals surface area (Å²) in [6, 6.07) is 8.70. The van der Waals surface area contributed by atoms with E-state index in [1.807, 2.05) is 25.3 Å². The van der Waals surface area contributed by atoms with Crippen molar-refractivity contribution in [2.45, 2.75) is 6.92 Å². The highest BCUT2D eigenvalue weighted by Crippen LogP contribution is 2.10. The van der Waals surface area contributed by atoms with Crippen LogP contribution in [0.4, 0.5) is 5.95 Å². The van der Waals surface area contributed by atoms with E-state index in [0.29, 0.717) is 11.4 Å². The standard InChI is InChI=1S/C16H16N6O2/c1-11-9-18-22(10-11)13-5-3-12(4-6-13)15(23)20-21-16-17-8-7-14(19-16)24-2/h3-10H,1-2H3,(H,20,23)(H,17,19,21). The second-order valence-corrected chi connectivity index (χ2v) is 5.01. The van der Waals surface area contributed by atoms with Crippen LogP contribution in [0.2, 0.25) is 0 Å². The molecule has 8 nitrogen and oxygen atoms in total. The minimum Gasteiger partial charge on any atom is -0.481 e. The highest BCUT2D eigenvalue weighted by Gasteiger charge is 2.07. The van der Waals surface area contributed by atoms with Gasteiger partial charge in [0.15, 0.2) is 0 Å². The molecule has 0 aliphatic heterocycles. The molecule has 1 amide bonds. The van der Waals surface area contributed by atoms with E-state index >= 15 is 0 Å². The van der Waals surface area contributed by atoms with Gasteiger partial charge in [-0.1, -0.05) is 0 Å². The molecule has 0 unspecified atom stereocenters. The van der Waals surface area contributed by atoms with Crippen molar-refractivity contribution in [1.29, 1.82) is 0 Å². The van der Waals surface area contributed by atoms with Crippen LogP contribution in [0.25, 0.3) is 5.69 Å². The lowest BCUT2D eigenvalue weighted by molar-refractivity contribution is 0.0962. The molecule has 2 heterocycles. The summed E-state index contributed by atoms with van der Waals surface area (Å²) >= 11 is 0. The van der Waals surface area contributed by atoms with E-state index in [9.17, 15) is 4.79 Å². The number of carbonyl (C=O) groups excluding carboxylic acids is 1. The summed E-state index contributed by atoms with van der Waals surface area (Å²) in [7, 11) is 1.51. The molecule has 0 aliphatic rings. The summed E-state index contributed by atoms with van der Waals surface area (Å²) in [5, 5.41) is 4.23. The van der Waals surface area contributed by atoms with Gasteiger partial charge in [0.2, 0.25) is 11.8 Å². The summed E-state index contributed by atoms with van der Waals surface area (Å²) in [5.41, 5.74) is 7.63. The third kappa shape index (κ3) is 3.49. The number of nitrogens with zero attached hydrogens (tertiary/aromatic N) is 4. The zero-order valence-electron chi connectivity index (χ0n) is 13.2. The Bertz CT molecular complexity index is 844. The third-order valence-electron chi connectivity index (χ3n) is 3.23. The summed E-state index contributed by atoms with van der Waals surface area (Å²) in [4.78, 5) is 20.2. The van der Waals surface area contributed by atoms with E-state index in [4.69, 9.17) is 4.74 Å². The van der Waals surface area contributed by atoms with Gasteiger partial charge >= 0.3 is 0 Å². The Morgan fingerprint density at radius 1 is 1.21 bits per heavy atom. The fourth-order valence-corrected chi connectivity index (χ4v) is 2.02. The minimum atomic E-state index is -0.301. The second-order valence-electron chi connectivity index (χ2n) is 5.01. The number of ether oxygens (including phenoxy) is 1. The SMILES string of the molecule is COc1ccnc(NNC(=O)c2ccc(-n3cc(C)cn3)cc2)n1. The van der Waals surface area contributed by atoms with Crippen LogP contribution in [0.1, 0.15) is 15.9 Å². The van der Waals surface area contributed by atoms with Crippen LogP contribution in [0.15, 0.2) is 48.9 Å². The lowest BCUT2D eigenvalue weighted by Crippen LogP contribution is -2.30. The molecule has 2 N–H and O–H groups in total. The van der Waals surface area contributed by atoms with Crippen molar-refractivity contribution < 1.29 is 9.53 Å². The Labute approximate surface area is 138 Å². The predicted molar refractivity (Wildman–Crippen MR) is 88.0 cm³/mol. The van der Waals surface area contributed by atoms with E-state index in [1.165, 1.54) is 13.3 Å². The molecule has 0 fully saturated rings. The van der Waals surface area contributed by atoms with E-state index in [1.54, 1.807) is 29.1 Å². The maximum atomic E-state index is 12.1. The van der Waals surface area contributed by atoms with Crippen molar-refractivity contribution in [3.05, 3.63) is 60.0 Å². The average molecular weight is 324 g/mol. The Hall–Kier alpha value is -3.42. The molecule has 122 valence electrons. The number of methoxy groups -OCH3 is 1. The van der Waals surface area contributed by atoms with Crippen LogP contribution in [-0.2, 0) is 0 Å². The Morgan fingerprint density at radius 2 is 2.00 bits per heavy atom. The number of aryl methyl sites for hydroxylation is 1. The van der Waals surface area contributed by atoms with Gasteiger partial charge in [0, 0.05) is 24.0 Å². The fraction of sp³-hybridized carbons (Fsp3) is 0.125. The molecule has 8 heteroatoms. The molecule has 3 rings (SSSR count). The van der Waals surface area contributed by atoms with Crippen molar-refractivity contribution in [1.82, 2.24) is 25.2 Å². The number of nitrogens with one attached hydrogen (secondary N) is 2. The lowest BCUT2D eigenvalue weighted by Gasteiger charge is -2.08. The van der Waals surface area contributed by atoms with Gasteiger partial charge in [-0.25, -0.2) is 9.67 Å². The number of carbonyl (C=O) groups is 1. The fourth-order valence-electron chi connectivity index (χ4n) is 2.02. The van der Waals surface area contributed by atoms with Crippen molar-refractivity contribution in [2.24, 2.45) is 0 Å². The summed E-state index contributed by atoms with van der Waals surface area (Å²) in [6.07, 6.45) is 5.22. The van der Waals surface area contributed by atoms with Gasteiger partial charge in [-0.15, -0.1) is 0 Å². The van der Waals surface area contributed by atoms with Gasteiger partial charge in [-0.2, -0.15) is 10.1 Å². The number of hydrogen-bond donors (Lipinski definition) is 2. The van der Waals surface area contributed by atoms with Gasteiger partial charge in [-0.05, 0) is 36.8 Å². The monoisotopic (exact) mass is 324 g/mol. The lowest BCUT2D eigenvalue weighted by atomic mass is 10.2. The van der Waals surface area contributed by atoms with Crippen LogP contribution in [0.3, 0.4) is 0 Å². The summed E-state index contributed by atoms with van der Waals surface area (Å²) in [5.74, 6) is 0.344. The largest absolute Gasteiger partial charge is 0.481 e. The number of benzene rings is 1. The number of anilines is 1. The topological polar surface area (TPSA) is 94.0 Å². The van der Waals surface area contributed by atoms with E-state index in [-0.39, 0.29) is 11.9 Å². The molecule has 1 aromatic carbocycles. The van der Waals surface area contributed by atoms with Crippen molar-refractivity contribution in [2.75, 3.05) is 12.5 Å². The first-order chi connectivity index (χ1) is 11.7. The molecule has 0 atom stereocenters. The summed E-state index contributed by atoms with van der Waals surface area (Å²) < 4.78 is 6.74. The van der Waals surface area contributed by atoms with Crippen LogP contribution >= 0.6 is 0 Å². The number of hydrazine groups is 1. The normalized spacial score (nSPS) is 10.2. The molecule has 2 aromatic heterocycles. The number of aromatic nitrogens is 4. The van der Waals surface area contributed by atoms with Gasteiger partial charge in [0.1, 0.15) is 0 Å². The zero-order chi connectivity index (χ0) is 16.9. The van der Waals surface area contributed by atoms with Gasteiger partial charge in [-0.3, -0.25) is 15.6 Å². The van der Waals surface area contributed by atoms with Crippen LogP contribution in [0.5, 0.6) is 5.88 Å². The number of amides is 1. The Morgan fingerprint density at radius 3 is 2.67 bits per heavy atom. The smallest absolute Gasteiger partial charge is 0.269 e. The number of rotatable bonds is 5. The minimum absolute atomic E-state index is 0.242. The van der Waals surface area contributed by atoms with Gasteiger partial charge < -0.3 is 4.74 Å². The third-order valence-corrected chi connectivity index (χ3v) is 3.23. The van der Waals surface area contributed by atoms with E-state index in [0.717, 1.165) is 11.3 Å².